The van der Waals surface area contributed by atoms with Gasteiger partial charge in [-0.2, -0.15) is 11.8 Å². The number of aromatic hydroxyl groups is 1. The third-order valence-electron chi connectivity index (χ3n) is 2.87. The molecule has 1 aromatic rings. The van der Waals surface area contributed by atoms with Crippen molar-refractivity contribution in [3.05, 3.63) is 28.2 Å². The molecule has 0 aliphatic carbocycles. The van der Waals surface area contributed by atoms with Crippen molar-refractivity contribution in [3.8, 4) is 5.75 Å². The first-order valence-corrected chi connectivity index (χ1v) is 7.55. The van der Waals surface area contributed by atoms with E-state index in [1.165, 1.54) is 22.7 Å². The lowest BCUT2D eigenvalue weighted by atomic mass is 10.1. The predicted octanol–water partition coefficient (Wildman–Crippen LogP) is 1.80. The number of amides is 1. The van der Waals surface area contributed by atoms with Crippen LogP contribution in [-0.4, -0.2) is 51.1 Å². The van der Waals surface area contributed by atoms with Gasteiger partial charge in [0.2, 0.25) is 0 Å². The summed E-state index contributed by atoms with van der Waals surface area (Å²) in [5.41, 5.74) is 0.291. The number of halogens is 1. The van der Waals surface area contributed by atoms with Gasteiger partial charge in [-0.15, -0.1) is 0 Å². The number of carbonyl (C=O) groups is 2. The summed E-state index contributed by atoms with van der Waals surface area (Å²) in [6, 6.07) is 3.66. The Morgan fingerprint density at radius 2 is 2.16 bits per heavy atom. The van der Waals surface area contributed by atoms with Crippen LogP contribution < -0.4 is 0 Å². The van der Waals surface area contributed by atoms with Gasteiger partial charge in [0, 0.05) is 23.6 Å². The Hall–Kier alpha value is -1.21. The summed E-state index contributed by atoms with van der Waals surface area (Å²) in [5.74, 6) is -0.289. The van der Waals surface area contributed by atoms with Crippen molar-refractivity contribution in [3.63, 3.8) is 0 Å². The van der Waals surface area contributed by atoms with Crippen LogP contribution in [0.5, 0.6) is 5.75 Å². The Bertz CT molecular complexity index is 522. The van der Waals surface area contributed by atoms with Crippen molar-refractivity contribution in [1.29, 1.82) is 0 Å². The van der Waals surface area contributed by atoms with Gasteiger partial charge in [-0.25, -0.2) is 4.79 Å². The monoisotopic (exact) mass is 345 g/mol. The van der Waals surface area contributed by atoms with E-state index in [2.05, 4.69) is 15.9 Å². The van der Waals surface area contributed by atoms with E-state index in [1.54, 1.807) is 12.1 Å². The second-order valence-corrected chi connectivity index (χ2v) is 6.10. The zero-order chi connectivity index (χ0) is 14.0. The molecule has 1 amide bonds. The third-order valence-corrected chi connectivity index (χ3v) is 4.56. The molecule has 1 heterocycles. The number of hydrogen-bond donors (Lipinski definition) is 2. The number of carboxylic acid groups (broad SMARTS) is 1. The molecule has 2 N–H and O–H groups in total. The van der Waals surface area contributed by atoms with Gasteiger partial charge in [0.25, 0.3) is 5.91 Å². The van der Waals surface area contributed by atoms with Crippen LogP contribution >= 0.6 is 27.7 Å². The number of phenolic OH excluding ortho intramolecular Hbond substituents is 1. The van der Waals surface area contributed by atoms with E-state index in [4.69, 9.17) is 5.11 Å². The largest absolute Gasteiger partial charge is 0.507 e. The highest BCUT2D eigenvalue weighted by molar-refractivity contribution is 9.10. The molecule has 2 rings (SSSR count). The molecule has 0 spiro atoms. The molecule has 1 saturated heterocycles. The Morgan fingerprint density at radius 1 is 1.42 bits per heavy atom. The molecule has 1 atom stereocenters. The van der Waals surface area contributed by atoms with Gasteiger partial charge in [-0.3, -0.25) is 4.79 Å². The average Bonchev–Trinajstić information content (AvgIpc) is 2.41. The third kappa shape index (κ3) is 3.03. The Morgan fingerprint density at radius 3 is 2.79 bits per heavy atom. The fourth-order valence-corrected chi connectivity index (χ4v) is 3.15. The summed E-state index contributed by atoms with van der Waals surface area (Å²) in [5, 5.41) is 18.7. The average molecular weight is 346 g/mol. The summed E-state index contributed by atoms with van der Waals surface area (Å²) in [6.07, 6.45) is 0. The van der Waals surface area contributed by atoms with Crippen LogP contribution in [0.25, 0.3) is 0 Å². The molecule has 5 nitrogen and oxygen atoms in total. The first kappa shape index (κ1) is 14.2. The first-order chi connectivity index (χ1) is 9.00. The van der Waals surface area contributed by atoms with Crippen LogP contribution in [0.2, 0.25) is 0 Å². The molecule has 0 saturated carbocycles. The van der Waals surface area contributed by atoms with Gasteiger partial charge in [0.1, 0.15) is 11.8 Å². The predicted molar refractivity (Wildman–Crippen MR) is 75.6 cm³/mol. The molecule has 0 bridgehead atoms. The van der Waals surface area contributed by atoms with Crippen LogP contribution in [0.4, 0.5) is 0 Å². The summed E-state index contributed by atoms with van der Waals surface area (Å²) >= 11 is 4.66. The van der Waals surface area contributed by atoms with Crippen molar-refractivity contribution < 1.29 is 19.8 Å². The minimum absolute atomic E-state index is 0.0379. The summed E-state index contributed by atoms with van der Waals surface area (Å²) in [4.78, 5) is 24.8. The fourth-order valence-electron chi connectivity index (χ4n) is 1.86. The topological polar surface area (TPSA) is 77.8 Å². The van der Waals surface area contributed by atoms with Gasteiger partial charge in [0.05, 0.1) is 4.47 Å². The quantitative estimate of drug-likeness (QED) is 0.854. The van der Waals surface area contributed by atoms with Gasteiger partial charge in [-0.1, -0.05) is 0 Å². The number of phenols is 1. The molecule has 102 valence electrons. The number of hydrogen-bond acceptors (Lipinski definition) is 4. The molecule has 1 fully saturated rings. The number of benzene rings is 1. The van der Waals surface area contributed by atoms with Crippen molar-refractivity contribution in [2.45, 2.75) is 6.04 Å². The van der Waals surface area contributed by atoms with E-state index in [-0.39, 0.29) is 11.7 Å². The van der Waals surface area contributed by atoms with Gasteiger partial charge in [0.15, 0.2) is 0 Å². The van der Waals surface area contributed by atoms with Crippen LogP contribution in [-0.2, 0) is 4.79 Å². The number of carboxylic acids is 1. The van der Waals surface area contributed by atoms with E-state index < -0.39 is 12.0 Å². The lowest BCUT2D eigenvalue weighted by Crippen LogP contribution is -2.50. The number of rotatable bonds is 2. The van der Waals surface area contributed by atoms with Crippen LogP contribution in [0, 0.1) is 0 Å². The molecule has 19 heavy (non-hydrogen) atoms. The second kappa shape index (κ2) is 5.83. The zero-order valence-corrected chi connectivity index (χ0v) is 12.3. The molecule has 1 unspecified atom stereocenters. The number of nitrogens with zero attached hydrogens (tertiary/aromatic N) is 1. The SMILES string of the molecule is O=C(O)C1CSCCN1C(=O)c1ccc(Br)c(O)c1. The maximum Gasteiger partial charge on any atom is 0.327 e. The number of thioether (sulfide) groups is 1. The number of carbonyl (C=O) groups excluding carboxylic acids is 1. The smallest absolute Gasteiger partial charge is 0.327 e. The summed E-state index contributed by atoms with van der Waals surface area (Å²) in [7, 11) is 0. The highest BCUT2D eigenvalue weighted by Gasteiger charge is 2.32. The van der Waals surface area contributed by atoms with Crippen molar-refractivity contribution >= 4 is 39.6 Å². The fraction of sp³-hybridized carbons (Fsp3) is 0.333. The minimum Gasteiger partial charge on any atom is -0.507 e. The summed E-state index contributed by atoms with van der Waals surface area (Å²) < 4.78 is 0.494. The van der Waals surface area contributed by atoms with Gasteiger partial charge >= 0.3 is 5.97 Å². The van der Waals surface area contributed by atoms with Gasteiger partial charge < -0.3 is 15.1 Å². The van der Waals surface area contributed by atoms with E-state index in [9.17, 15) is 14.7 Å². The molecule has 0 radical (unpaired) electrons. The molecular formula is C12H12BrNO4S. The van der Waals surface area contributed by atoms with E-state index >= 15 is 0 Å². The lowest BCUT2D eigenvalue weighted by Gasteiger charge is -2.32. The highest BCUT2D eigenvalue weighted by atomic mass is 79.9. The maximum absolute atomic E-state index is 12.3. The van der Waals surface area contributed by atoms with Crippen molar-refractivity contribution in [1.82, 2.24) is 4.90 Å². The number of aliphatic carboxylic acids is 1. The Balaban J connectivity index is 2.26. The van der Waals surface area contributed by atoms with Crippen molar-refractivity contribution in [2.24, 2.45) is 0 Å². The molecule has 0 aromatic heterocycles. The molecule has 1 aliphatic rings. The molecule has 1 aliphatic heterocycles. The Labute approximate surface area is 122 Å². The van der Waals surface area contributed by atoms with Crippen LogP contribution in [0.15, 0.2) is 22.7 Å². The molecule has 7 heteroatoms. The van der Waals surface area contributed by atoms with Crippen LogP contribution in [0.1, 0.15) is 10.4 Å². The van der Waals surface area contributed by atoms with E-state index in [1.807, 2.05) is 0 Å². The van der Waals surface area contributed by atoms with E-state index in [0.717, 1.165) is 5.75 Å². The second-order valence-electron chi connectivity index (χ2n) is 4.09. The van der Waals surface area contributed by atoms with Crippen molar-refractivity contribution in [2.75, 3.05) is 18.1 Å². The highest BCUT2D eigenvalue weighted by Crippen LogP contribution is 2.26. The minimum atomic E-state index is -0.998. The van der Waals surface area contributed by atoms with Gasteiger partial charge in [-0.05, 0) is 34.1 Å². The molecular weight excluding hydrogens is 334 g/mol. The zero-order valence-electron chi connectivity index (χ0n) is 9.88. The Kier molecular flexibility index (Phi) is 4.36. The lowest BCUT2D eigenvalue weighted by molar-refractivity contribution is -0.141. The van der Waals surface area contributed by atoms with Crippen LogP contribution in [0.3, 0.4) is 0 Å². The standard InChI is InChI=1S/C12H12BrNO4S/c13-8-2-1-7(5-10(8)15)11(16)14-3-4-19-6-9(14)12(17)18/h1-2,5,9,15H,3-4,6H2,(H,17,18). The maximum atomic E-state index is 12.3. The molecule has 1 aromatic carbocycles. The normalized spacial score (nSPS) is 19.2. The first-order valence-electron chi connectivity index (χ1n) is 5.60. The van der Waals surface area contributed by atoms with E-state index in [0.29, 0.717) is 22.3 Å². The summed E-state index contributed by atoms with van der Waals surface area (Å²) in [6.45, 7) is 0.400.